The molecule has 1 atom stereocenters. The number of hydrogen-bond donors (Lipinski definition) is 2. The van der Waals surface area contributed by atoms with Gasteiger partial charge in [-0.2, -0.15) is 9.98 Å². The number of sulfonamides is 1. The number of hydrogen-bond acceptors (Lipinski definition) is 4. The molecule has 25 heavy (non-hydrogen) atoms. The van der Waals surface area contributed by atoms with E-state index < -0.39 is 22.0 Å². The fourth-order valence-corrected chi connectivity index (χ4v) is 3.53. The highest BCUT2D eigenvalue weighted by molar-refractivity contribution is 7.89. The topological polar surface area (TPSA) is 99.1 Å². The Hall–Kier alpha value is -1.91. The lowest BCUT2D eigenvalue weighted by Crippen LogP contribution is -2.47. The third-order valence-electron chi connectivity index (χ3n) is 3.69. The molecule has 0 spiro atoms. The average Bonchev–Trinajstić information content (AvgIpc) is 2.50. The van der Waals surface area contributed by atoms with Crippen LogP contribution in [0.5, 0.6) is 0 Å². The molecular formula is C18H27N3O3S. The number of carbonyl (C=O) groups is 1. The predicted molar refractivity (Wildman–Crippen MR) is 97.3 cm³/mol. The zero-order chi connectivity index (χ0) is 19.3. The van der Waals surface area contributed by atoms with E-state index in [1.165, 1.54) is 0 Å². The quantitative estimate of drug-likeness (QED) is 0.724. The highest BCUT2D eigenvalue weighted by atomic mass is 32.2. The van der Waals surface area contributed by atoms with Gasteiger partial charge in [0.05, 0.1) is 11.0 Å². The lowest BCUT2D eigenvalue weighted by atomic mass is 9.87. The second kappa shape index (κ2) is 8.45. The van der Waals surface area contributed by atoms with E-state index in [0.29, 0.717) is 6.42 Å². The standard InChI is InChI=1S/C18H27N3O3S/c1-13(2)12-16(17(22)20-11-10-19)21-25(23,24)15-8-6-14(7-9-15)18(3,4)5/h6-9,13,16,21H,11-12H2,1-5H3,(H,20,22)/t16-/m0/s1. The van der Waals surface area contributed by atoms with Gasteiger partial charge in [-0.05, 0) is 35.4 Å². The number of amides is 1. The second-order valence-corrected chi connectivity index (χ2v) is 9.17. The molecule has 1 aromatic carbocycles. The van der Waals surface area contributed by atoms with Crippen LogP contribution in [0.1, 0.15) is 46.6 Å². The molecule has 2 N–H and O–H groups in total. The van der Waals surface area contributed by atoms with Gasteiger partial charge < -0.3 is 5.32 Å². The first kappa shape index (κ1) is 21.1. The normalized spacial score (nSPS) is 13.3. The summed E-state index contributed by atoms with van der Waals surface area (Å²) in [5, 5.41) is 11.0. The van der Waals surface area contributed by atoms with E-state index in [1.54, 1.807) is 24.3 Å². The molecule has 1 rings (SSSR count). The van der Waals surface area contributed by atoms with Crippen molar-refractivity contribution in [2.75, 3.05) is 6.54 Å². The van der Waals surface area contributed by atoms with E-state index in [1.807, 2.05) is 40.7 Å². The van der Waals surface area contributed by atoms with Crippen LogP contribution in [0.15, 0.2) is 29.2 Å². The van der Waals surface area contributed by atoms with Gasteiger partial charge in [0.2, 0.25) is 15.9 Å². The summed E-state index contributed by atoms with van der Waals surface area (Å²) in [6.07, 6.45) is 0.344. The van der Waals surface area contributed by atoms with Crippen molar-refractivity contribution < 1.29 is 13.2 Å². The molecule has 0 heterocycles. The van der Waals surface area contributed by atoms with E-state index in [4.69, 9.17) is 5.26 Å². The number of benzene rings is 1. The third kappa shape index (κ3) is 6.48. The molecule has 6 nitrogen and oxygen atoms in total. The summed E-state index contributed by atoms with van der Waals surface area (Å²) in [5.41, 5.74) is 0.949. The number of nitrogens with zero attached hydrogens (tertiary/aromatic N) is 1. The molecule has 0 aliphatic heterocycles. The van der Waals surface area contributed by atoms with Crippen molar-refractivity contribution in [1.82, 2.24) is 10.0 Å². The van der Waals surface area contributed by atoms with Crippen LogP contribution in [-0.4, -0.2) is 26.9 Å². The SMILES string of the molecule is CC(C)C[C@H](NS(=O)(=O)c1ccc(C(C)(C)C)cc1)C(=O)NCC#N. The molecule has 7 heteroatoms. The second-order valence-electron chi connectivity index (χ2n) is 7.45. The Bertz CT molecular complexity index is 726. The Kier molecular flexibility index (Phi) is 7.15. The van der Waals surface area contributed by atoms with Gasteiger partial charge in [-0.15, -0.1) is 0 Å². The van der Waals surface area contributed by atoms with Crippen molar-refractivity contribution in [2.45, 2.75) is 57.4 Å². The summed E-state index contributed by atoms with van der Waals surface area (Å²) in [5.74, 6) is -0.381. The van der Waals surface area contributed by atoms with Crippen molar-refractivity contribution in [3.63, 3.8) is 0 Å². The summed E-state index contributed by atoms with van der Waals surface area (Å²) < 4.78 is 27.7. The molecule has 0 aliphatic rings. The van der Waals surface area contributed by atoms with Gasteiger partial charge in [0.15, 0.2) is 0 Å². The van der Waals surface area contributed by atoms with Gasteiger partial charge in [-0.1, -0.05) is 46.8 Å². The van der Waals surface area contributed by atoms with Crippen molar-refractivity contribution in [2.24, 2.45) is 5.92 Å². The zero-order valence-electron chi connectivity index (χ0n) is 15.5. The number of nitrogens with one attached hydrogen (secondary N) is 2. The molecule has 0 saturated heterocycles. The predicted octanol–water partition coefficient (Wildman–Crippen LogP) is 2.32. The van der Waals surface area contributed by atoms with Crippen LogP contribution in [0.2, 0.25) is 0 Å². The van der Waals surface area contributed by atoms with Gasteiger partial charge in [0.25, 0.3) is 0 Å². The van der Waals surface area contributed by atoms with Crippen LogP contribution in [0.25, 0.3) is 0 Å². The Morgan fingerprint density at radius 1 is 1.20 bits per heavy atom. The van der Waals surface area contributed by atoms with Gasteiger partial charge in [0, 0.05) is 0 Å². The highest BCUT2D eigenvalue weighted by Gasteiger charge is 2.26. The van der Waals surface area contributed by atoms with Crippen molar-refractivity contribution >= 4 is 15.9 Å². The van der Waals surface area contributed by atoms with E-state index in [0.717, 1.165) is 5.56 Å². The maximum absolute atomic E-state index is 12.6. The van der Waals surface area contributed by atoms with Crippen LogP contribution in [0, 0.1) is 17.2 Å². The van der Waals surface area contributed by atoms with Crippen LogP contribution in [0.4, 0.5) is 0 Å². The zero-order valence-corrected chi connectivity index (χ0v) is 16.3. The first-order valence-corrected chi connectivity index (χ1v) is 9.73. The Morgan fingerprint density at radius 2 is 1.76 bits per heavy atom. The summed E-state index contributed by atoms with van der Waals surface area (Å²) in [6.45, 7) is 9.79. The smallest absolute Gasteiger partial charge is 0.241 e. The first-order valence-electron chi connectivity index (χ1n) is 8.25. The lowest BCUT2D eigenvalue weighted by molar-refractivity contribution is -0.122. The Morgan fingerprint density at radius 3 is 2.20 bits per heavy atom. The molecule has 0 bridgehead atoms. The largest absolute Gasteiger partial charge is 0.342 e. The summed E-state index contributed by atoms with van der Waals surface area (Å²) in [6, 6.07) is 7.54. The molecular weight excluding hydrogens is 338 g/mol. The Balaban J connectivity index is 3.01. The molecule has 0 aromatic heterocycles. The van der Waals surface area contributed by atoms with Crippen LogP contribution >= 0.6 is 0 Å². The molecule has 0 saturated carbocycles. The number of rotatable bonds is 7. The molecule has 138 valence electrons. The Labute approximate surface area is 150 Å². The summed E-state index contributed by atoms with van der Waals surface area (Å²) in [7, 11) is -3.83. The van der Waals surface area contributed by atoms with Gasteiger partial charge >= 0.3 is 0 Å². The van der Waals surface area contributed by atoms with Gasteiger partial charge in [-0.3, -0.25) is 4.79 Å². The molecule has 0 radical (unpaired) electrons. The molecule has 0 fully saturated rings. The highest BCUT2D eigenvalue weighted by Crippen LogP contribution is 2.23. The first-order chi connectivity index (χ1) is 11.5. The van der Waals surface area contributed by atoms with Gasteiger partial charge in [-0.25, -0.2) is 8.42 Å². The van der Waals surface area contributed by atoms with E-state index in [2.05, 4.69) is 10.0 Å². The summed E-state index contributed by atoms with van der Waals surface area (Å²) >= 11 is 0. The van der Waals surface area contributed by atoms with E-state index in [9.17, 15) is 13.2 Å². The monoisotopic (exact) mass is 365 g/mol. The minimum atomic E-state index is -3.83. The molecule has 0 aliphatic carbocycles. The van der Waals surface area contributed by atoms with Crippen LogP contribution < -0.4 is 10.0 Å². The molecule has 0 unspecified atom stereocenters. The fraction of sp³-hybridized carbons (Fsp3) is 0.556. The molecule has 1 aromatic rings. The van der Waals surface area contributed by atoms with Crippen LogP contribution in [0.3, 0.4) is 0 Å². The third-order valence-corrected chi connectivity index (χ3v) is 5.18. The maximum Gasteiger partial charge on any atom is 0.241 e. The number of nitriles is 1. The minimum absolute atomic E-state index is 0.0763. The van der Waals surface area contributed by atoms with E-state index >= 15 is 0 Å². The molecule has 1 amide bonds. The fourth-order valence-electron chi connectivity index (χ4n) is 2.32. The van der Waals surface area contributed by atoms with Crippen molar-refractivity contribution in [3.8, 4) is 6.07 Å². The van der Waals surface area contributed by atoms with E-state index in [-0.39, 0.29) is 22.8 Å². The van der Waals surface area contributed by atoms with Gasteiger partial charge in [0.1, 0.15) is 12.6 Å². The van der Waals surface area contributed by atoms with Crippen molar-refractivity contribution in [3.05, 3.63) is 29.8 Å². The lowest BCUT2D eigenvalue weighted by Gasteiger charge is -2.21. The summed E-state index contributed by atoms with van der Waals surface area (Å²) in [4.78, 5) is 12.3. The van der Waals surface area contributed by atoms with Crippen molar-refractivity contribution in [1.29, 1.82) is 5.26 Å². The van der Waals surface area contributed by atoms with Crippen LogP contribution in [-0.2, 0) is 20.2 Å². The average molecular weight is 365 g/mol. The minimum Gasteiger partial charge on any atom is -0.342 e. The number of carbonyl (C=O) groups excluding carboxylic acids is 1. The maximum atomic E-state index is 12.6.